The van der Waals surface area contributed by atoms with E-state index in [4.69, 9.17) is 15.2 Å². The Labute approximate surface area is 97.9 Å². The van der Waals surface area contributed by atoms with Gasteiger partial charge >= 0.3 is 5.69 Å². The van der Waals surface area contributed by atoms with Crippen molar-refractivity contribution in [2.24, 2.45) is 5.73 Å². The molecule has 2 N–H and O–H groups in total. The Morgan fingerprint density at radius 2 is 2.24 bits per heavy atom. The minimum absolute atomic E-state index is 0.0652. The van der Waals surface area contributed by atoms with Crippen molar-refractivity contribution < 1.29 is 14.4 Å². The van der Waals surface area contributed by atoms with Crippen molar-refractivity contribution in [1.82, 2.24) is 9.97 Å². The number of rotatable bonds is 6. The van der Waals surface area contributed by atoms with Gasteiger partial charge in [0.2, 0.25) is 0 Å². The van der Waals surface area contributed by atoms with Gasteiger partial charge in [-0.2, -0.15) is 4.98 Å². The van der Waals surface area contributed by atoms with E-state index in [0.717, 1.165) is 0 Å². The number of aromatic nitrogens is 2. The quantitative estimate of drug-likeness (QED) is 0.547. The molecule has 94 valence electrons. The van der Waals surface area contributed by atoms with Crippen LogP contribution in [0.25, 0.3) is 0 Å². The Morgan fingerprint density at radius 1 is 1.53 bits per heavy atom. The highest BCUT2D eigenvalue weighted by Crippen LogP contribution is 2.26. The molecule has 0 fully saturated rings. The maximum atomic E-state index is 10.9. The lowest BCUT2D eigenvalue weighted by atomic mass is 10.1. The van der Waals surface area contributed by atoms with Crippen LogP contribution in [0.1, 0.15) is 5.69 Å². The fourth-order valence-electron chi connectivity index (χ4n) is 1.40. The first-order valence-electron chi connectivity index (χ1n) is 4.87. The van der Waals surface area contributed by atoms with Gasteiger partial charge in [0.25, 0.3) is 5.88 Å². The van der Waals surface area contributed by atoms with E-state index in [1.807, 2.05) is 0 Å². The molecule has 1 heterocycles. The van der Waals surface area contributed by atoms with E-state index in [-0.39, 0.29) is 29.7 Å². The van der Waals surface area contributed by atoms with Crippen molar-refractivity contribution >= 4 is 5.69 Å². The van der Waals surface area contributed by atoms with Crippen LogP contribution in [-0.2, 0) is 11.2 Å². The maximum Gasteiger partial charge on any atom is 0.352 e. The van der Waals surface area contributed by atoms with Crippen molar-refractivity contribution in [3.8, 4) is 5.88 Å². The number of nitro groups is 1. The molecule has 1 unspecified atom stereocenters. The Morgan fingerprint density at radius 3 is 2.76 bits per heavy atom. The summed E-state index contributed by atoms with van der Waals surface area (Å²) in [5, 5.41) is 10.9. The van der Waals surface area contributed by atoms with Gasteiger partial charge in [0, 0.05) is 19.6 Å². The normalized spacial score (nSPS) is 12.2. The molecule has 8 nitrogen and oxygen atoms in total. The third kappa shape index (κ3) is 3.33. The SMILES string of the molecule is COCC(N)Cc1ncnc(OC)c1[N+](=O)[O-]. The zero-order valence-electron chi connectivity index (χ0n) is 9.62. The van der Waals surface area contributed by atoms with Crippen LogP contribution in [-0.4, -0.2) is 41.8 Å². The molecule has 0 aliphatic heterocycles. The molecule has 0 amide bonds. The van der Waals surface area contributed by atoms with E-state index in [9.17, 15) is 10.1 Å². The average Bonchev–Trinajstić information content (AvgIpc) is 2.28. The van der Waals surface area contributed by atoms with Crippen molar-refractivity contribution in [1.29, 1.82) is 0 Å². The summed E-state index contributed by atoms with van der Waals surface area (Å²) in [6, 6.07) is -0.363. The summed E-state index contributed by atoms with van der Waals surface area (Å²) in [6.07, 6.45) is 1.43. The third-order valence-electron chi connectivity index (χ3n) is 2.08. The monoisotopic (exact) mass is 242 g/mol. The zero-order valence-corrected chi connectivity index (χ0v) is 9.62. The van der Waals surface area contributed by atoms with E-state index < -0.39 is 4.92 Å². The first-order valence-corrected chi connectivity index (χ1v) is 4.87. The molecule has 8 heteroatoms. The largest absolute Gasteiger partial charge is 0.476 e. The number of methoxy groups -OCH3 is 2. The minimum atomic E-state index is -0.576. The molecule has 0 saturated heterocycles. The van der Waals surface area contributed by atoms with Crippen molar-refractivity contribution in [2.75, 3.05) is 20.8 Å². The summed E-state index contributed by atoms with van der Waals surface area (Å²) < 4.78 is 9.69. The summed E-state index contributed by atoms with van der Waals surface area (Å²) >= 11 is 0. The van der Waals surface area contributed by atoms with Gasteiger partial charge in [0.1, 0.15) is 12.0 Å². The number of ether oxygens (including phenoxy) is 2. The van der Waals surface area contributed by atoms with E-state index in [2.05, 4.69) is 9.97 Å². The van der Waals surface area contributed by atoms with Crippen LogP contribution in [0.2, 0.25) is 0 Å². The van der Waals surface area contributed by atoms with Crippen molar-refractivity contribution in [2.45, 2.75) is 12.5 Å². The summed E-state index contributed by atoms with van der Waals surface area (Å²) in [5.41, 5.74) is 5.72. The molecule has 0 aliphatic carbocycles. The first-order chi connectivity index (χ1) is 8.10. The molecular weight excluding hydrogens is 228 g/mol. The minimum Gasteiger partial charge on any atom is -0.476 e. The smallest absolute Gasteiger partial charge is 0.352 e. The molecule has 17 heavy (non-hydrogen) atoms. The van der Waals surface area contributed by atoms with Gasteiger partial charge in [-0.05, 0) is 0 Å². The molecule has 1 rings (SSSR count). The van der Waals surface area contributed by atoms with Crippen LogP contribution >= 0.6 is 0 Å². The van der Waals surface area contributed by atoms with Gasteiger partial charge in [-0.3, -0.25) is 10.1 Å². The average molecular weight is 242 g/mol. The van der Waals surface area contributed by atoms with Crippen molar-refractivity contribution in [3.05, 3.63) is 22.1 Å². The lowest BCUT2D eigenvalue weighted by Gasteiger charge is -2.10. The molecule has 0 bridgehead atoms. The highest BCUT2D eigenvalue weighted by molar-refractivity contribution is 5.44. The maximum absolute atomic E-state index is 10.9. The zero-order chi connectivity index (χ0) is 12.8. The van der Waals surface area contributed by atoms with E-state index in [1.165, 1.54) is 20.5 Å². The predicted molar refractivity (Wildman–Crippen MR) is 58.8 cm³/mol. The highest BCUT2D eigenvalue weighted by atomic mass is 16.6. The lowest BCUT2D eigenvalue weighted by molar-refractivity contribution is -0.387. The van der Waals surface area contributed by atoms with Crippen molar-refractivity contribution in [3.63, 3.8) is 0 Å². The van der Waals surface area contributed by atoms with E-state index in [0.29, 0.717) is 6.61 Å². The fraction of sp³-hybridized carbons (Fsp3) is 0.556. The molecule has 1 atom stereocenters. The molecule has 0 radical (unpaired) electrons. The van der Waals surface area contributed by atoms with Crippen LogP contribution in [0.3, 0.4) is 0 Å². The predicted octanol–water partition coefficient (Wildman–Crippen LogP) is -0.0904. The number of nitrogens with zero attached hydrogens (tertiary/aromatic N) is 3. The third-order valence-corrected chi connectivity index (χ3v) is 2.08. The number of nitrogens with two attached hydrogens (primary N) is 1. The Balaban J connectivity index is 3.02. The standard InChI is InChI=1S/C9H14N4O4/c1-16-4-6(10)3-7-8(13(14)15)9(17-2)12-5-11-7/h5-6H,3-4,10H2,1-2H3. The van der Waals surface area contributed by atoms with E-state index in [1.54, 1.807) is 0 Å². The molecule has 0 spiro atoms. The van der Waals surface area contributed by atoms with Crippen LogP contribution in [0.15, 0.2) is 6.33 Å². The summed E-state index contributed by atoms with van der Waals surface area (Å²) in [7, 11) is 2.82. The van der Waals surface area contributed by atoms with Crippen LogP contribution in [0, 0.1) is 10.1 Å². The van der Waals surface area contributed by atoms with Gasteiger partial charge in [-0.1, -0.05) is 0 Å². The molecule has 0 saturated carbocycles. The Bertz CT molecular complexity index is 399. The Kier molecular flexibility index (Phi) is 4.73. The van der Waals surface area contributed by atoms with Gasteiger partial charge < -0.3 is 15.2 Å². The summed E-state index contributed by atoms with van der Waals surface area (Å²) in [6.45, 7) is 0.295. The number of hydrogen-bond donors (Lipinski definition) is 1. The second-order valence-corrected chi connectivity index (χ2v) is 3.35. The first kappa shape index (κ1) is 13.3. The Hall–Kier alpha value is -1.80. The highest BCUT2D eigenvalue weighted by Gasteiger charge is 2.24. The second kappa shape index (κ2) is 6.06. The van der Waals surface area contributed by atoms with Crippen LogP contribution in [0.4, 0.5) is 5.69 Å². The fourth-order valence-corrected chi connectivity index (χ4v) is 1.40. The summed E-state index contributed by atoms with van der Waals surface area (Å²) in [4.78, 5) is 17.9. The number of hydrogen-bond acceptors (Lipinski definition) is 7. The van der Waals surface area contributed by atoms with Gasteiger partial charge in [-0.25, -0.2) is 4.98 Å². The van der Waals surface area contributed by atoms with Gasteiger partial charge in [0.05, 0.1) is 18.6 Å². The molecule has 1 aromatic rings. The van der Waals surface area contributed by atoms with Crippen LogP contribution in [0.5, 0.6) is 5.88 Å². The lowest BCUT2D eigenvalue weighted by Crippen LogP contribution is -2.28. The molecule has 0 aliphatic rings. The molecule has 0 aromatic carbocycles. The molecule has 1 aromatic heterocycles. The summed E-state index contributed by atoms with van der Waals surface area (Å²) in [5.74, 6) is -0.0652. The topological polar surface area (TPSA) is 113 Å². The van der Waals surface area contributed by atoms with Gasteiger partial charge in [-0.15, -0.1) is 0 Å². The van der Waals surface area contributed by atoms with E-state index >= 15 is 0 Å². The van der Waals surface area contributed by atoms with Gasteiger partial charge in [0.15, 0.2) is 0 Å². The second-order valence-electron chi connectivity index (χ2n) is 3.35. The van der Waals surface area contributed by atoms with Crippen LogP contribution < -0.4 is 10.5 Å². The molecular formula is C9H14N4O4.